The van der Waals surface area contributed by atoms with Gasteiger partial charge in [0, 0.05) is 49.6 Å². The number of halogens is 16. The summed E-state index contributed by atoms with van der Waals surface area (Å²) in [6.07, 6.45) is -21.7. The van der Waals surface area contributed by atoms with Crippen LogP contribution in [0.15, 0.2) is 131 Å². The first kappa shape index (κ1) is 81.9. The Morgan fingerprint density at radius 2 is 0.823 bits per heavy atom. The Bertz CT molecular complexity index is 3580. The number of aryl methyl sites for hydroxylation is 2. The summed E-state index contributed by atoms with van der Waals surface area (Å²) in [5.41, 5.74) is -9.99. The third-order valence-corrected chi connectivity index (χ3v) is 18.7. The number of thioether (sulfide) groups is 1. The van der Waals surface area contributed by atoms with Gasteiger partial charge in [0.05, 0.1) is 51.6 Å². The Balaban J connectivity index is 0.000000277. The number of rotatable bonds is 22. The molecule has 0 unspecified atom stereocenters. The lowest BCUT2D eigenvalue weighted by molar-refractivity contribution is -0.257. The standard InChI is InChI=1S/C21H24F4O3S.C21H24F4O2S.C14H16F4O2.C13H14F4O2/c1-14-5-8-16(9-6-14)29(27)13-20(26,21(23,24)25)12-19(2,3)17-11-15(22)7-10-18(17)28-4;1-14-5-8-16(9-6-14)28-13-20(26,21(23,24)25)12-19(2,3)17-11-15(22)7-10-18(17)27-4;1-12(2,7-13(8-20-13)14(16,17)18)10-6-9(15)4-5-11(10)19-3;1-12(2,7-11(18)13(15,16)17)9-6-8(14)4-5-10(9)19-3/h5-11,26H,12-13H2,1-4H3;5-11,26H,12-13H2,1-4H3;4-6H,7-8H2,1-3H3;4-6H,7H2,1-3H3/t20-,29-;20-;13-;/m111./s1. The van der Waals surface area contributed by atoms with Crippen molar-refractivity contribution in [2.24, 2.45) is 0 Å². The second-order valence-electron chi connectivity index (χ2n) is 25.8. The van der Waals surface area contributed by atoms with Gasteiger partial charge in [-0.3, -0.25) is 9.00 Å². The van der Waals surface area contributed by atoms with Crippen molar-refractivity contribution in [2.45, 2.75) is 168 Å². The van der Waals surface area contributed by atoms with Crippen LogP contribution in [0.1, 0.15) is 114 Å². The fourth-order valence-electron chi connectivity index (χ4n) is 10.6. The molecule has 1 saturated heterocycles. The van der Waals surface area contributed by atoms with Gasteiger partial charge in [0.15, 0.2) is 16.8 Å². The zero-order valence-electron chi connectivity index (χ0n) is 55.1. The first-order valence-electron chi connectivity index (χ1n) is 29.3. The number of carbonyl (C=O) groups is 1. The lowest BCUT2D eigenvalue weighted by Gasteiger charge is -2.38. The minimum absolute atomic E-state index is 0.184. The fraction of sp³-hybridized carbons (Fsp3) is 0.464. The van der Waals surface area contributed by atoms with E-state index in [4.69, 9.17) is 18.9 Å². The normalized spacial score (nSPS) is 16.2. The molecule has 1 heterocycles. The van der Waals surface area contributed by atoms with Crippen LogP contribution in [-0.4, -0.2) is 108 Å². The zero-order chi connectivity index (χ0) is 73.2. The van der Waals surface area contributed by atoms with Crippen molar-refractivity contribution >= 4 is 28.3 Å². The number of Topliss-reactive ketones (excluding diaryl/α,β-unsaturated/α-hetero) is 1. The smallest absolute Gasteiger partial charge is 0.450 e. The number of aliphatic hydroxyl groups is 2. The van der Waals surface area contributed by atoms with Crippen molar-refractivity contribution in [2.75, 3.05) is 46.6 Å². The number of ether oxygens (including phenoxy) is 5. The van der Waals surface area contributed by atoms with Gasteiger partial charge in [0.25, 0.3) is 0 Å². The number of ketones is 1. The van der Waals surface area contributed by atoms with Gasteiger partial charge in [-0.1, -0.05) is 90.8 Å². The van der Waals surface area contributed by atoms with Gasteiger partial charge in [-0.05, 0) is 146 Å². The topological polar surface area (TPSA) is 124 Å². The third-order valence-electron chi connectivity index (χ3n) is 15.9. The molecule has 27 heteroatoms. The van der Waals surface area contributed by atoms with Gasteiger partial charge in [-0.25, -0.2) is 17.6 Å². The number of alkyl halides is 12. The molecule has 0 spiro atoms. The van der Waals surface area contributed by atoms with Crippen molar-refractivity contribution in [1.29, 1.82) is 0 Å². The van der Waals surface area contributed by atoms with Crippen molar-refractivity contribution in [3.63, 3.8) is 0 Å². The first-order valence-corrected chi connectivity index (χ1v) is 31.6. The van der Waals surface area contributed by atoms with Crippen molar-refractivity contribution in [3.8, 4) is 23.0 Å². The SMILES string of the molecule is COc1ccc(F)cc1C(C)(C)CC(=O)C(F)(F)F.COc1ccc(F)cc1C(C)(C)C[C@@](O)(CSc1ccc(C)cc1)C(F)(F)F.COc1ccc(F)cc1C(C)(C)C[C@@](O)(C[S@@](=O)c1ccc(C)cc1)C(F)(F)F.COc1ccc(F)cc1C(C)(C)C[C@]1(C(F)(F)F)CO1. The van der Waals surface area contributed by atoms with E-state index in [2.05, 4.69) is 4.74 Å². The number of methoxy groups -OCH3 is 4. The van der Waals surface area contributed by atoms with Crippen LogP contribution in [0.25, 0.3) is 0 Å². The summed E-state index contributed by atoms with van der Waals surface area (Å²) in [7, 11) is 3.35. The molecule has 1 aliphatic rings. The molecule has 0 radical (unpaired) electrons. The van der Waals surface area contributed by atoms with Crippen LogP contribution in [0, 0.1) is 37.1 Å². The van der Waals surface area contributed by atoms with E-state index in [0.29, 0.717) is 16.2 Å². The second kappa shape index (κ2) is 31.5. The lowest BCUT2D eigenvalue weighted by Crippen LogP contribution is -2.53. The van der Waals surface area contributed by atoms with E-state index >= 15 is 0 Å². The maximum absolute atomic E-state index is 13.9. The Morgan fingerprint density at radius 1 is 0.500 bits per heavy atom. The van der Waals surface area contributed by atoms with E-state index in [9.17, 15) is 89.5 Å². The van der Waals surface area contributed by atoms with E-state index in [0.717, 1.165) is 53.2 Å². The van der Waals surface area contributed by atoms with E-state index < -0.39 is 134 Å². The monoisotopic (exact) mass is 1420 g/mol. The molecule has 0 saturated carbocycles. The highest BCUT2D eigenvalue weighted by molar-refractivity contribution is 7.99. The summed E-state index contributed by atoms with van der Waals surface area (Å²) in [5, 5.41) is 21.2. The van der Waals surface area contributed by atoms with E-state index in [1.807, 2.05) is 6.92 Å². The average Bonchev–Trinajstić information content (AvgIpc) is 1.55. The molecule has 7 rings (SSSR count). The predicted molar refractivity (Wildman–Crippen MR) is 335 cm³/mol. The van der Waals surface area contributed by atoms with Crippen LogP contribution in [0.4, 0.5) is 70.2 Å². The summed E-state index contributed by atoms with van der Waals surface area (Å²) in [4.78, 5) is 11.9. The molecule has 0 bridgehead atoms. The Labute approximate surface area is 554 Å². The highest BCUT2D eigenvalue weighted by Crippen LogP contribution is 2.53. The predicted octanol–water partition coefficient (Wildman–Crippen LogP) is 18.3. The van der Waals surface area contributed by atoms with E-state index in [1.165, 1.54) is 125 Å². The van der Waals surface area contributed by atoms with Crippen LogP contribution in [-0.2, 0) is 42.0 Å². The number of carbonyl (C=O) groups excluding carboxylic acids is 1. The molecule has 532 valence electrons. The summed E-state index contributed by atoms with van der Waals surface area (Å²) < 4.78 is 251. The third kappa shape index (κ3) is 21.7. The average molecular weight is 1420 g/mol. The van der Waals surface area contributed by atoms with Crippen LogP contribution in [0.2, 0.25) is 0 Å². The molecule has 4 atom stereocenters. The van der Waals surface area contributed by atoms with Crippen LogP contribution >= 0.6 is 11.8 Å². The number of hydrogen-bond acceptors (Lipinski definition) is 10. The van der Waals surface area contributed by atoms with Gasteiger partial charge in [-0.2, -0.15) is 52.7 Å². The molecule has 96 heavy (non-hydrogen) atoms. The molecule has 1 fully saturated rings. The van der Waals surface area contributed by atoms with Gasteiger partial charge < -0.3 is 33.9 Å². The number of epoxide rings is 1. The van der Waals surface area contributed by atoms with E-state index in [-0.39, 0.29) is 51.9 Å². The summed E-state index contributed by atoms with van der Waals surface area (Å²) in [6, 6.07) is 27.9. The van der Waals surface area contributed by atoms with Crippen molar-refractivity contribution in [3.05, 3.63) is 178 Å². The van der Waals surface area contributed by atoms with Gasteiger partial charge >= 0.3 is 24.7 Å². The Hall–Kier alpha value is -6.55. The van der Waals surface area contributed by atoms with Crippen LogP contribution < -0.4 is 18.9 Å². The maximum atomic E-state index is 13.9. The van der Waals surface area contributed by atoms with Crippen molar-refractivity contribution < 1.29 is 113 Å². The number of hydrogen-bond donors (Lipinski definition) is 2. The minimum Gasteiger partial charge on any atom is -0.496 e. The molecule has 1 aliphatic heterocycles. The van der Waals surface area contributed by atoms with Crippen LogP contribution in [0.5, 0.6) is 23.0 Å². The summed E-state index contributed by atoms with van der Waals surface area (Å²) in [6.45, 7) is 15.4. The van der Waals surface area contributed by atoms with E-state index in [1.54, 1.807) is 57.2 Å². The molecular weight excluding hydrogens is 1340 g/mol. The van der Waals surface area contributed by atoms with Crippen LogP contribution in [0.3, 0.4) is 0 Å². The van der Waals surface area contributed by atoms with Crippen molar-refractivity contribution in [1.82, 2.24) is 0 Å². The Kier molecular flexibility index (Phi) is 26.9. The molecule has 9 nitrogen and oxygen atoms in total. The molecule has 6 aromatic carbocycles. The quantitative estimate of drug-likeness (QED) is 0.0386. The largest absolute Gasteiger partial charge is 0.496 e. The highest BCUT2D eigenvalue weighted by atomic mass is 32.2. The summed E-state index contributed by atoms with van der Waals surface area (Å²) in [5.74, 6) is -4.64. The number of benzene rings is 6. The second-order valence-corrected chi connectivity index (χ2v) is 28.3. The molecule has 2 N–H and O–H groups in total. The lowest BCUT2D eigenvalue weighted by atomic mass is 9.75. The molecule has 0 amide bonds. The molecule has 6 aromatic rings. The molecule has 0 aliphatic carbocycles. The first-order chi connectivity index (χ1) is 43.9. The fourth-order valence-corrected chi connectivity index (χ4v) is 12.9. The zero-order valence-corrected chi connectivity index (χ0v) is 56.7. The highest BCUT2D eigenvalue weighted by Gasteiger charge is 2.67. The van der Waals surface area contributed by atoms with Gasteiger partial charge in [0.1, 0.15) is 46.3 Å². The molecule has 0 aromatic heterocycles. The summed E-state index contributed by atoms with van der Waals surface area (Å²) >= 11 is 0.937. The minimum atomic E-state index is -5.04. The van der Waals surface area contributed by atoms with Gasteiger partial charge in [0.2, 0.25) is 5.78 Å². The Morgan fingerprint density at radius 3 is 1.14 bits per heavy atom. The van der Waals surface area contributed by atoms with Gasteiger partial charge in [-0.15, -0.1) is 11.8 Å². The maximum Gasteiger partial charge on any atom is 0.450 e. The molecular formula is C69H78F16O9S2.